The van der Waals surface area contributed by atoms with Crippen LogP contribution in [0, 0.1) is 0 Å². The number of hydrogen-bond acceptors (Lipinski definition) is 5. The van der Waals surface area contributed by atoms with Gasteiger partial charge in [-0.3, -0.25) is 0 Å². The Morgan fingerprint density at radius 2 is 2.12 bits per heavy atom. The molecule has 1 aromatic heterocycles. The van der Waals surface area contributed by atoms with Gasteiger partial charge < -0.3 is 9.84 Å². The maximum absolute atomic E-state index is 9.96. The highest BCUT2D eigenvalue weighted by molar-refractivity contribution is 6.99. The molecule has 84 valence electrons. The van der Waals surface area contributed by atoms with E-state index in [1.165, 1.54) is 0 Å². The monoisotopic (exact) mass is 236 g/mol. The van der Waals surface area contributed by atoms with E-state index >= 15 is 0 Å². The van der Waals surface area contributed by atoms with Gasteiger partial charge >= 0.3 is 0 Å². The predicted molar refractivity (Wildman–Crippen MR) is 61.6 cm³/mol. The molecule has 1 heterocycles. The van der Waals surface area contributed by atoms with Crippen LogP contribution < -0.4 is 4.74 Å². The minimum atomic E-state index is -0.713. The molecule has 2 rings (SSSR count). The molecule has 16 heavy (non-hydrogen) atoms. The fourth-order valence-corrected chi connectivity index (χ4v) is 1.82. The Kier molecular flexibility index (Phi) is 3.48. The van der Waals surface area contributed by atoms with Crippen LogP contribution >= 0.6 is 11.7 Å². The van der Waals surface area contributed by atoms with E-state index in [0.717, 1.165) is 23.0 Å². The number of hydrogen-bond donors (Lipinski definition) is 1. The molecule has 1 atom stereocenters. The largest absolute Gasteiger partial charge is 0.494 e. The molecule has 0 spiro atoms. The van der Waals surface area contributed by atoms with Gasteiger partial charge in [0.1, 0.15) is 17.5 Å². The second-order valence-electron chi connectivity index (χ2n) is 3.24. The lowest BCUT2D eigenvalue weighted by Crippen LogP contribution is -2.00. The Morgan fingerprint density at radius 3 is 2.69 bits per heavy atom. The van der Waals surface area contributed by atoms with Gasteiger partial charge in [-0.25, -0.2) is 0 Å². The Bertz CT molecular complexity index is 428. The van der Waals surface area contributed by atoms with Crippen molar-refractivity contribution in [2.24, 2.45) is 0 Å². The van der Waals surface area contributed by atoms with Crippen molar-refractivity contribution in [3.63, 3.8) is 0 Å². The molecule has 0 aliphatic heterocycles. The van der Waals surface area contributed by atoms with Gasteiger partial charge in [0, 0.05) is 0 Å². The normalized spacial score (nSPS) is 12.4. The summed E-state index contributed by atoms with van der Waals surface area (Å²) in [5, 5.41) is 9.96. The molecular formula is C11H12N2O2S. The highest BCUT2D eigenvalue weighted by Gasteiger charge is 2.12. The third-order valence-electron chi connectivity index (χ3n) is 2.17. The molecule has 0 aliphatic carbocycles. The van der Waals surface area contributed by atoms with Crippen LogP contribution in [0.1, 0.15) is 24.3 Å². The molecule has 4 nitrogen and oxygen atoms in total. The molecule has 0 saturated carbocycles. The van der Waals surface area contributed by atoms with E-state index in [9.17, 15) is 5.11 Å². The second kappa shape index (κ2) is 5.05. The summed E-state index contributed by atoms with van der Waals surface area (Å²) in [5.41, 5.74) is 1.37. The lowest BCUT2D eigenvalue weighted by Gasteiger charge is -2.08. The quantitative estimate of drug-likeness (QED) is 0.882. The van der Waals surface area contributed by atoms with Crippen LogP contribution in [0.15, 0.2) is 30.5 Å². The summed E-state index contributed by atoms with van der Waals surface area (Å²) in [7, 11) is 0. The minimum Gasteiger partial charge on any atom is -0.494 e. The van der Waals surface area contributed by atoms with Crippen LogP contribution in [-0.4, -0.2) is 20.5 Å². The molecule has 1 unspecified atom stereocenters. The van der Waals surface area contributed by atoms with Gasteiger partial charge in [-0.05, 0) is 24.6 Å². The van der Waals surface area contributed by atoms with Crippen molar-refractivity contribution in [1.82, 2.24) is 8.75 Å². The summed E-state index contributed by atoms with van der Waals surface area (Å²) in [5.74, 6) is 0.801. The van der Waals surface area contributed by atoms with Crippen molar-refractivity contribution in [2.45, 2.75) is 13.0 Å². The molecule has 0 amide bonds. The van der Waals surface area contributed by atoms with Crippen LogP contribution in [0.5, 0.6) is 5.75 Å². The first kappa shape index (κ1) is 11.0. The fourth-order valence-electron chi connectivity index (χ4n) is 1.38. The molecule has 5 heteroatoms. The van der Waals surface area contributed by atoms with E-state index < -0.39 is 6.10 Å². The number of benzene rings is 1. The molecule has 1 aromatic carbocycles. The lowest BCUT2D eigenvalue weighted by atomic mass is 10.1. The van der Waals surface area contributed by atoms with E-state index in [2.05, 4.69) is 8.75 Å². The summed E-state index contributed by atoms with van der Waals surface area (Å²) < 4.78 is 13.2. The standard InChI is InChI=1S/C11H12N2O2S/c1-2-15-9-5-3-8(4-6-9)11(14)10-7-12-16-13-10/h3-7,11,14H,2H2,1H3. The number of aliphatic hydroxyl groups is 1. The van der Waals surface area contributed by atoms with E-state index in [0.29, 0.717) is 12.3 Å². The summed E-state index contributed by atoms with van der Waals surface area (Å²) in [4.78, 5) is 0. The molecule has 0 fully saturated rings. The average molecular weight is 236 g/mol. The van der Waals surface area contributed by atoms with E-state index in [1.807, 2.05) is 31.2 Å². The number of rotatable bonds is 4. The van der Waals surface area contributed by atoms with Gasteiger partial charge in [0.2, 0.25) is 0 Å². The van der Waals surface area contributed by atoms with E-state index in [4.69, 9.17) is 4.74 Å². The first-order valence-corrected chi connectivity index (χ1v) is 5.72. The van der Waals surface area contributed by atoms with Crippen LogP contribution in [-0.2, 0) is 0 Å². The number of aromatic nitrogens is 2. The number of aliphatic hydroxyl groups excluding tert-OH is 1. The summed E-state index contributed by atoms with van der Waals surface area (Å²) in [6.07, 6.45) is 0.862. The Balaban J connectivity index is 2.15. The summed E-state index contributed by atoms with van der Waals surface area (Å²) >= 11 is 1.09. The predicted octanol–water partition coefficient (Wildman–Crippen LogP) is 2.02. The SMILES string of the molecule is CCOc1ccc(C(O)c2cnsn2)cc1. The maximum Gasteiger partial charge on any atom is 0.124 e. The van der Waals surface area contributed by atoms with E-state index in [1.54, 1.807) is 6.20 Å². The highest BCUT2D eigenvalue weighted by atomic mass is 32.1. The van der Waals surface area contributed by atoms with Crippen molar-refractivity contribution in [1.29, 1.82) is 0 Å². The average Bonchev–Trinajstić information content (AvgIpc) is 2.83. The van der Waals surface area contributed by atoms with Gasteiger partial charge in [-0.1, -0.05) is 12.1 Å². The Labute approximate surface area is 97.9 Å². The minimum absolute atomic E-state index is 0.578. The topological polar surface area (TPSA) is 55.2 Å². The molecule has 2 aromatic rings. The molecule has 0 bridgehead atoms. The van der Waals surface area contributed by atoms with Gasteiger partial charge in [-0.2, -0.15) is 8.75 Å². The van der Waals surface area contributed by atoms with Crippen molar-refractivity contribution in [3.8, 4) is 5.75 Å². The smallest absolute Gasteiger partial charge is 0.124 e. The second-order valence-corrected chi connectivity index (χ2v) is 3.79. The van der Waals surface area contributed by atoms with Crippen molar-refractivity contribution < 1.29 is 9.84 Å². The first-order valence-electron chi connectivity index (χ1n) is 4.99. The zero-order chi connectivity index (χ0) is 11.4. The molecule has 0 aliphatic rings. The van der Waals surface area contributed by atoms with Crippen LogP contribution in [0.25, 0.3) is 0 Å². The van der Waals surface area contributed by atoms with E-state index in [-0.39, 0.29) is 0 Å². The fraction of sp³-hybridized carbons (Fsp3) is 0.273. The Morgan fingerprint density at radius 1 is 1.38 bits per heavy atom. The molecular weight excluding hydrogens is 224 g/mol. The molecule has 0 radical (unpaired) electrons. The number of ether oxygens (including phenoxy) is 1. The maximum atomic E-state index is 9.96. The zero-order valence-corrected chi connectivity index (χ0v) is 9.65. The van der Waals surface area contributed by atoms with Gasteiger partial charge in [0.05, 0.1) is 24.5 Å². The number of nitrogens with zero attached hydrogens (tertiary/aromatic N) is 2. The Hall–Kier alpha value is -1.46. The van der Waals surface area contributed by atoms with Crippen LogP contribution in [0.3, 0.4) is 0 Å². The van der Waals surface area contributed by atoms with Crippen LogP contribution in [0.4, 0.5) is 0 Å². The first-order chi connectivity index (χ1) is 7.81. The molecule has 0 saturated heterocycles. The van der Waals surface area contributed by atoms with Crippen molar-refractivity contribution in [3.05, 3.63) is 41.7 Å². The van der Waals surface area contributed by atoms with Crippen LogP contribution in [0.2, 0.25) is 0 Å². The van der Waals surface area contributed by atoms with Gasteiger partial charge in [-0.15, -0.1) is 0 Å². The third-order valence-corrected chi connectivity index (χ3v) is 2.66. The van der Waals surface area contributed by atoms with Crippen molar-refractivity contribution in [2.75, 3.05) is 6.61 Å². The zero-order valence-electron chi connectivity index (χ0n) is 8.83. The summed E-state index contributed by atoms with van der Waals surface area (Å²) in [6.45, 7) is 2.57. The third kappa shape index (κ3) is 2.37. The lowest BCUT2D eigenvalue weighted by molar-refractivity contribution is 0.216. The van der Waals surface area contributed by atoms with Crippen molar-refractivity contribution >= 4 is 11.7 Å². The van der Waals surface area contributed by atoms with Gasteiger partial charge in [0.15, 0.2) is 0 Å². The van der Waals surface area contributed by atoms with Gasteiger partial charge in [0.25, 0.3) is 0 Å². The summed E-state index contributed by atoms with van der Waals surface area (Å²) in [6, 6.07) is 7.33. The molecule has 1 N–H and O–H groups in total. The highest BCUT2D eigenvalue weighted by Crippen LogP contribution is 2.22.